The van der Waals surface area contributed by atoms with Gasteiger partial charge in [0, 0.05) is 21.4 Å². The van der Waals surface area contributed by atoms with Crippen LogP contribution in [0.25, 0.3) is 11.3 Å². The minimum absolute atomic E-state index is 0.162. The van der Waals surface area contributed by atoms with E-state index in [2.05, 4.69) is 25.6 Å². The van der Waals surface area contributed by atoms with E-state index in [9.17, 15) is 9.59 Å². The number of carboxylic acids is 1. The minimum atomic E-state index is -0.995. The Balaban J connectivity index is 1.47. The van der Waals surface area contributed by atoms with Crippen molar-refractivity contribution in [1.82, 2.24) is 9.97 Å². The monoisotopic (exact) mass is 516 g/mol. The lowest BCUT2D eigenvalue weighted by Gasteiger charge is -2.06. The lowest BCUT2D eigenvalue weighted by atomic mass is 10.1. The third kappa shape index (κ3) is 4.53. The van der Waals surface area contributed by atoms with Crippen molar-refractivity contribution >= 4 is 56.2 Å². The van der Waals surface area contributed by atoms with Gasteiger partial charge in [-0.15, -0.1) is 22.7 Å². The quantitative estimate of drug-likeness (QED) is 0.332. The normalized spacial score (nSPS) is 14.4. The number of rotatable bonds is 7. The van der Waals surface area contributed by atoms with Gasteiger partial charge in [-0.2, -0.15) is 15.2 Å². The summed E-state index contributed by atoms with van der Waals surface area (Å²) in [5, 5.41) is 22.1. The number of aryl methyl sites for hydroxylation is 2. The average molecular weight is 517 g/mol. The number of carbonyl (C=O) groups excluding carboxylic acids is 1. The van der Waals surface area contributed by atoms with Crippen LogP contribution in [0.3, 0.4) is 0 Å². The number of hydrazone groups is 2. The number of aromatic carboxylic acids is 1. The fraction of sp³-hybridized carbons (Fsp3) is 0.120. The van der Waals surface area contributed by atoms with E-state index in [4.69, 9.17) is 5.11 Å². The second kappa shape index (κ2) is 9.80. The largest absolute Gasteiger partial charge is 0.478 e. The highest BCUT2D eigenvalue weighted by Crippen LogP contribution is 2.31. The zero-order valence-corrected chi connectivity index (χ0v) is 20.9. The molecule has 5 rings (SSSR count). The number of aromatic nitrogens is 2. The Morgan fingerprint density at radius 2 is 1.83 bits per heavy atom. The molecule has 2 aromatic heterocycles. The zero-order valence-electron chi connectivity index (χ0n) is 19.3. The van der Waals surface area contributed by atoms with Gasteiger partial charge < -0.3 is 5.11 Å². The molecule has 180 valence electrons. The van der Waals surface area contributed by atoms with Crippen LogP contribution in [0.2, 0.25) is 0 Å². The van der Waals surface area contributed by atoms with Crippen LogP contribution >= 0.6 is 22.7 Å². The summed E-state index contributed by atoms with van der Waals surface area (Å²) in [6, 6.07) is 15.8. The van der Waals surface area contributed by atoms with E-state index >= 15 is 0 Å². The Morgan fingerprint density at radius 1 is 1.08 bits per heavy atom. The number of hydrogen-bond donors (Lipinski definition) is 2. The predicted octanol–water partition coefficient (Wildman–Crippen LogP) is 5.05. The zero-order chi connectivity index (χ0) is 25.2. The summed E-state index contributed by atoms with van der Waals surface area (Å²) in [5.41, 5.74) is 6.81. The van der Waals surface area contributed by atoms with Crippen molar-refractivity contribution in [2.45, 2.75) is 20.3 Å². The van der Waals surface area contributed by atoms with Crippen molar-refractivity contribution in [2.24, 2.45) is 10.2 Å². The molecule has 0 bridgehead atoms. The van der Waals surface area contributed by atoms with Gasteiger partial charge in [0.1, 0.15) is 5.71 Å². The Hall–Kier alpha value is -4.22. The molecule has 36 heavy (non-hydrogen) atoms. The van der Waals surface area contributed by atoms with E-state index in [1.165, 1.54) is 39.8 Å². The summed E-state index contributed by atoms with van der Waals surface area (Å²) < 4.78 is 0. The molecule has 0 atom stereocenters. The van der Waals surface area contributed by atoms with E-state index in [1.807, 2.05) is 44.2 Å². The van der Waals surface area contributed by atoms with Crippen molar-refractivity contribution < 1.29 is 14.7 Å². The van der Waals surface area contributed by atoms with Gasteiger partial charge in [-0.25, -0.2) is 14.8 Å². The maximum atomic E-state index is 13.4. The summed E-state index contributed by atoms with van der Waals surface area (Å²) in [6.07, 6.45) is 0.815. The molecule has 0 aliphatic carbocycles. The van der Waals surface area contributed by atoms with E-state index in [0.29, 0.717) is 21.7 Å². The Kier molecular flexibility index (Phi) is 6.40. The molecular formula is C25H20N6O3S2. The molecule has 0 spiro atoms. The number of nitrogens with one attached hydrogen (secondary N) is 1. The third-order valence-corrected chi connectivity index (χ3v) is 7.19. The highest BCUT2D eigenvalue weighted by atomic mass is 32.1. The number of carbonyl (C=O) groups is 2. The van der Waals surface area contributed by atoms with Gasteiger partial charge >= 0.3 is 11.9 Å². The lowest BCUT2D eigenvalue weighted by molar-refractivity contribution is -0.112. The number of amides is 1. The molecule has 4 aromatic rings. The smallest absolute Gasteiger partial charge is 0.335 e. The molecule has 11 heteroatoms. The molecule has 0 unspecified atom stereocenters. The van der Waals surface area contributed by atoms with Crippen molar-refractivity contribution in [1.29, 1.82) is 0 Å². The summed E-state index contributed by atoms with van der Waals surface area (Å²) in [7, 11) is 0. The molecule has 0 saturated carbocycles. The van der Waals surface area contributed by atoms with Gasteiger partial charge in [0.15, 0.2) is 5.71 Å². The predicted molar refractivity (Wildman–Crippen MR) is 142 cm³/mol. The first kappa shape index (κ1) is 23.5. The molecule has 2 aromatic carbocycles. The minimum Gasteiger partial charge on any atom is -0.478 e. The lowest BCUT2D eigenvalue weighted by Crippen LogP contribution is -2.28. The van der Waals surface area contributed by atoms with Crippen LogP contribution in [0, 0.1) is 6.92 Å². The molecule has 1 aliphatic heterocycles. The standard InChI is InChI=1S/C25H20N6O3S2/c1-3-18-14(2)36-24(26-18)29-28-21-20(16-7-5-4-6-8-16)30-31(22(21)32)25-27-19(13-35-25)15-9-11-17(12-10-15)23(33)34/h4-13H,3H2,1-2H3,(H,26,29)(H,33,34)/b28-21-. The molecular weight excluding hydrogens is 496 g/mol. The van der Waals surface area contributed by atoms with Gasteiger partial charge in [0.25, 0.3) is 0 Å². The first-order valence-electron chi connectivity index (χ1n) is 11.0. The molecule has 2 N–H and O–H groups in total. The Morgan fingerprint density at radius 3 is 2.50 bits per heavy atom. The average Bonchev–Trinajstić information content (AvgIpc) is 3.60. The fourth-order valence-corrected chi connectivity index (χ4v) is 5.23. The van der Waals surface area contributed by atoms with Crippen LogP contribution < -0.4 is 10.4 Å². The maximum Gasteiger partial charge on any atom is 0.335 e. The van der Waals surface area contributed by atoms with Gasteiger partial charge in [0.2, 0.25) is 10.3 Å². The third-order valence-electron chi connectivity index (χ3n) is 5.46. The summed E-state index contributed by atoms with van der Waals surface area (Å²) in [5.74, 6) is -1.40. The maximum absolute atomic E-state index is 13.4. The van der Waals surface area contributed by atoms with Gasteiger partial charge in [-0.1, -0.05) is 49.4 Å². The summed E-state index contributed by atoms with van der Waals surface area (Å²) in [4.78, 5) is 34.8. The fourth-order valence-electron chi connectivity index (χ4n) is 3.60. The number of nitrogens with zero attached hydrogens (tertiary/aromatic N) is 5. The Labute approximate surface area is 214 Å². The van der Waals surface area contributed by atoms with Crippen molar-refractivity contribution in [3.63, 3.8) is 0 Å². The number of anilines is 2. The molecule has 0 saturated heterocycles. The van der Waals surface area contributed by atoms with Gasteiger partial charge in [0.05, 0.1) is 17.0 Å². The van der Waals surface area contributed by atoms with Crippen LogP contribution in [0.5, 0.6) is 0 Å². The van der Waals surface area contributed by atoms with E-state index in [0.717, 1.165) is 28.1 Å². The molecule has 0 radical (unpaired) electrons. The second-order valence-corrected chi connectivity index (χ2v) is 9.82. The number of thiazole rings is 2. The number of benzene rings is 2. The van der Waals surface area contributed by atoms with Crippen LogP contribution in [-0.2, 0) is 11.2 Å². The topological polar surface area (TPSA) is 120 Å². The first-order valence-corrected chi connectivity index (χ1v) is 12.7. The molecule has 1 aliphatic rings. The van der Waals surface area contributed by atoms with Gasteiger partial charge in [-0.05, 0) is 25.5 Å². The molecule has 9 nitrogen and oxygen atoms in total. The summed E-state index contributed by atoms with van der Waals surface area (Å²) in [6.45, 7) is 4.04. The van der Waals surface area contributed by atoms with Crippen molar-refractivity contribution in [2.75, 3.05) is 10.4 Å². The van der Waals surface area contributed by atoms with Crippen LogP contribution in [0.15, 0.2) is 70.2 Å². The van der Waals surface area contributed by atoms with Gasteiger partial charge in [-0.3, -0.25) is 10.2 Å². The number of carboxylic acid groups (broad SMARTS) is 1. The SMILES string of the molecule is CCc1nc(N/N=C2\C(=O)N(c3nc(-c4ccc(C(=O)O)cc4)cs3)N=C2c2ccccc2)sc1C. The van der Waals surface area contributed by atoms with Crippen LogP contribution in [-0.4, -0.2) is 38.4 Å². The van der Waals surface area contributed by atoms with Crippen LogP contribution in [0.1, 0.15) is 33.4 Å². The number of hydrogen-bond acceptors (Lipinski definition) is 9. The van der Waals surface area contributed by atoms with Crippen molar-refractivity contribution in [3.05, 3.63) is 81.7 Å². The van der Waals surface area contributed by atoms with Crippen molar-refractivity contribution in [3.8, 4) is 11.3 Å². The first-order chi connectivity index (χ1) is 17.4. The van der Waals surface area contributed by atoms with Crippen LogP contribution in [0.4, 0.5) is 10.3 Å². The molecule has 1 amide bonds. The van der Waals surface area contributed by atoms with E-state index < -0.39 is 11.9 Å². The second-order valence-electron chi connectivity index (χ2n) is 7.78. The highest BCUT2D eigenvalue weighted by Gasteiger charge is 2.36. The summed E-state index contributed by atoms with van der Waals surface area (Å²) >= 11 is 2.74. The van der Waals surface area contributed by atoms with E-state index in [-0.39, 0.29) is 11.3 Å². The molecule has 0 fully saturated rings. The highest BCUT2D eigenvalue weighted by molar-refractivity contribution is 7.15. The molecule has 3 heterocycles. The Bertz CT molecular complexity index is 1510. The van der Waals surface area contributed by atoms with E-state index in [1.54, 1.807) is 17.5 Å².